The molecule has 162 valence electrons. The molecule has 0 aliphatic carbocycles. The van der Waals surface area contributed by atoms with Gasteiger partial charge >= 0.3 is 0 Å². The summed E-state index contributed by atoms with van der Waals surface area (Å²) in [7, 11) is 1.69. The van der Waals surface area contributed by atoms with Crippen molar-refractivity contribution in [1.29, 1.82) is 0 Å². The quantitative estimate of drug-likeness (QED) is 0.395. The van der Waals surface area contributed by atoms with E-state index in [4.69, 9.17) is 4.74 Å². The van der Waals surface area contributed by atoms with Gasteiger partial charge < -0.3 is 10.1 Å². The van der Waals surface area contributed by atoms with E-state index in [-0.39, 0.29) is 0 Å². The Labute approximate surface area is 187 Å². The van der Waals surface area contributed by atoms with Crippen molar-refractivity contribution >= 4 is 28.2 Å². The maximum atomic E-state index is 5.55. The number of nitrogens with zero attached hydrogens (tertiary/aromatic N) is 5. The topological polar surface area (TPSA) is 77.2 Å². The van der Waals surface area contributed by atoms with Crippen LogP contribution in [-0.2, 0) is 0 Å². The van der Waals surface area contributed by atoms with Crippen LogP contribution in [0.25, 0.3) is 27.7 Å². The Morgan fingerprint density at radius 1 is 0.969 bits per heavy atom. The van der Waals surface area contributed by atoms with E-state index in [1.807, 2.05) is 54.8 Å². The molecule has 0 saturated carbocycles. The Morgan fingerprint density at radius 2 is 1.81 bits per heavy atom. The Hall–Kier alpha value is -4.00. The van der Waals surface area contributed by atoms with Gasteiger partial charge in [-0.05, 0) is 54.8 Å². The number of pyridine rings is 3. The van der Waals surface area contributed by atoms with Gasteiger partial charge in [0.25, 0.3) is 0 Å². The molecule has 0 bridgehead atoms. The number of methoxy groups -OCH3 is 1. The molecule has 1 N–H and O–H groups in total. The SMILES string of the molecule is CC.COc1ccc(C)c(-c2cc3cnc(Nc4ccccn4)cc3n3cnnc23)c1C. The third-order valence-corrected chi connectivity index (χ3v) is 5.29. The molecule has 5 aromatic rings. The molecule has 0 amide bonds. The minimum absolute atomic E-state index is 0.706. The molecule has 0 saturated heterocycles. The number of benzene rings is 1. The lowest BCUT2D eigenvalue weighted by Gasteiger charge is -2.15. The van der Waals surface area contributed by atoms with Crippen molar-refractivity contribution in [2.75, 3.05) is 12.4 Å². The Kier molecular flexibility index (Phi) is 5.98. The fraction of sp³-hybridized carbons (Fsp3) is 0.200. The van der Waals surface area contributed by atoms with Gasteiger partial charge in [0.15, 0.2) is 5.65 Å². The average molecular weight is 427 g/mol. The molecule has 5 rings (SSSR count). The molecule has 4 aromatic heterocycles. The summed E-state index contributed by atoms with van der Waals surface area (Å²) in [5.41, 5.74) is 6.08. The van der Waals surface area contributed by atoms with Crippen LogP contribution in [0.5, 0.6) is 5.75 Å². The summed E-state index contributed by atoms with van der Waals surface area (Å²) in [6, 6.07) is 13.9. The number of anilines is 2. The highest BCUT2D eigenvalue weighted by molar-refractivity contribution is 5.94. The number of hydrogen-bond acceptors (Lipinski definition) is 6. The predicted octanol–water partition coefficient (Wildman–Crippen LogP) is 5.73. The van der Waals surface area contributed by atoms with Crippen LogP contribution in [0.3, 0.4) is 0 Å². The lowest BCUT2D eigenvalue weighted by molar-refractivity contribution is 0.412. The molecule has 4 heterocycles. The van der Waals surface area contributed by atoms with Gasteiger partial charge in [-0.1, -0.05) is 26.0 Å². The molecule has 0 spiro atoms. The zero-order valence-electron chi connectivity index (χ0n) is 18.9. The summed E-state index contributed by atoms with van der Waals surface area (Å²) in [5.74, 6) is 2.29. The highest BCUT2D eigenvalue weighted by Gasteiger charge is 2.17. The summed E-state index contributed by atoms with van der Waals surface area (Å²) >= 11 is 0. The van der Waals surface area contributed by atoms with Crippen molar-refractivity contribution in [3.8, 4) is 16.9 Å². The van der Waals surface area contributed by atoms with Crippen LogP contribution in [0.2, 0.25) is 0 Å². The van der Waals surface area contributed by atoms with Crippen LogP contribution in [0.1, 0.15) is 25.0 Å². The molecular weight excluding hydrogens is 400 g/mol. The predicted molar refractivity (Wildman–Crippen MR) is 129 cm³/mol. The van der Waals surface area contributed by atoms with Crippen molar-refractivity contribution in [3.05, 3.63) is 72.3 Å². The van der Waals surface area contributed by atoms with Gasteiger partial charge in [0.2, 0.25) is 0 Å². The van der Waals surface area contributed by atoms with E-state index < -0.39 is 0 Å². The number of fused-ring (bicyclic) bond motifs is 3. The Bertz CT molecular complexity index is 1380. The molecule has 7 heteroatoms. The Balaban J connectivity index is 0.00000119. The maximum absolute atomic E-state index is 5.55. The molecule has 32 heavy (non-hydrogen) atoms. The first-order valence-electron chi connectivity index (χ1n) is 10.6. The normalized spacial score (nSPS) is 10.7. The second-order valence-electron chi connectivity index (χ2n) is 7.14. The smallest absolute Gasteiger partial charge is 0.169 e. The molecule has 0 atom stereocenters. The molecule has 7 nitrogen and oxygen atoms in total. The van der Waals surface area contributed by atoms with Crippen molar-refractivity contribution in [1.82, 2.24) is 24.6 Å². The maximum Gasteiger partial charge on any atom is 0.169 e. The van der Waals surface area contributed by atoms with Crippen molar-refractivity contribution in [2.24, 2.45) is 0 Å². The van der Waals surface area contributed by atoms with Gasteiger partial charge in [0, 0.05) is 29.4 Å². The van der Waals surface area contributed by atoms with E-state index in [9.17, 15) is 0 Å². The second kappa shape index (κ2) is 9.01. The first-order chi connectivity index (χ1) is 15.7. The molecule has 0 aliphatic heterocycles. The minimum Gasteiger partial charge on any atom is -0.496 e. The van der Waals surface area contributed by atoms with Gasteiger partial charge in [0.1, 0.15) is 23.7 Å². The number of nitrogens with one attached hydrogen (secondary N) is 1. The third kappa shape index (κ3) is 3.73. The Morgan fingerprint density at radius 3 is 2.56 bits per heavy atom. The van der Waals surface area contributed by atoms with Gasteiger partial charge in [-0.25, -0.2) is 9.97 Å². The standard InChI is InChI=1S/C23H20N6O.C2H6/c1-14-7-8-19(30-3)15(2)22(14)17-10-16-12-25-21(27-20-6-4-5-9-24-20)11-18(16)29-13-26-28-23(17)29;1-2/h4-13H,1-3H3,(H,24,25,27);1-2H3. The van der Waals surface area contributed by atoms with Crippen LogP contribution in [0, 0.1) is 13.8 Å². The third-order valence-electron chi connectivity index (χ3n) is 5.29. The molecule has 0 radical (unpaired) electrons. The number of hydrogen-bond donors (Lipinski definition) is 1. The number of rotatable bonds is 4. The van der Waals surface area contributed by atoms with E-state index in [0.29, 0.717) is 5.82 Å². The fourth-order valence-corrected chi connectivity index (χ4v) is 3.87. The first kappa shape index (κ1) is 21.2. The molecule has 0 fully saturated rings. The van der Waals surface area contributed by atoms with E-state index >= 15 is 0 Å². The summed E-state index contributed by atoms with van der Waals surface area (Å²) in [6.07, 6.45) is 5.33. The highest BCUT2D eigenvalue weighted by Crippen LogP contribution is 2.37. The molecule has 0 unspecified atom stereocenters. The lowest BCUT2D eigenvalue weighted by Crippen LogP contribution is -1.99. The monoisotopic (exact) mass is 426 g/mol. The van der Waals surface area contributed by atoms with Gasteiger partial charge in [0.05, 0.1) is 12.6 Å². The van der Waals surface area contributed by atoms with Crippen LogP contribution in [0.15, 0.2) is 61.2 Å². The van der Waals surface area contributed by atoms with E-state index in [1.54, 1.807) is 19.6 Å². The van der Waals surface area contributed by atoms with Crippen molar-refractivity contribution in [2.45, 2.75) is 27.7 Å². The van der Waals surface area contributed by atoms with E-state index in [0.717, 1.165) is 50.4 Å². The minimum atomic E-state index is 0.706. The van der Waals surface area contributed by atoms with Crippen LogP contribution < -0.4 is 10.1 Å². The van der Waals surface area contributed by atoms with Crippen molar-refractivity contribution < 1.29 is 4.74 Å². The van der Waals surface area contributed by atoms with Gasteiger partial charge in [-0.2, -0.15) is 0 Å². The summed E-state index contributed by atoms with van der Waals surface area (Å²) in [4.78, 5) is 8.88. The van der Waals surface area contributed by atoms with Crippen LogP contribution in [0.4, 0.5) is 11.6 Å². The average Bonchev–Trinajstić information content (AvgIpc) is 3.32. The highest BCUT2D eigenvalue weighted by atomic mass is 16.5. The second-order valence-corrected chi connectivity index (χ2v) is 7.14. The molecule has 1 aromatic carbocycles. The van der Waals surface area contributed by atoms with Crippen LogP contribution in [-0.4, -0.2) is 31.7 Å². The van der Waals surface area contributed by atoms with Gasteiger partial charge in [-0.3, -0.25) is 4.40 Å². The van der Waals surface area contributed by atoms with Crippen molar-refractivity contribution in [3.63, 3.8) is 0 Å². The van der Waals surface area contributed by atoms with E-state index in [1.165, 1.54) is 0 Å². The van der Waals surface area contributed by atoms with Crippen LogP contribution >= 0.6 is 0 Å². The summed E-state index contributed by atoms with van der Waals surface area (Å²) in [6.45, 7) is 8.16. The largest absolute Gasteiger partial charge is 0.496 e. The molecule has 0 aliphatic rings. The summed E-state index contributed by atoms with van der Waals surface area (Å²) in [5, 5.41) is 12.8. The van der Waals surface area contributed by atoms with Gasteiger partial charge in [-0.15, -0.1) is 10.2 Å². The number of aryl methyl sites for hydroxylation is 1. The fourth-order valence-electron chi connectivity index (χ4n) is 3.87. The number of aromatic nitrogens is 5. The zero-order valence-corrected chi connectivity index (χ0v) is 18.9. The number of ether oxygens (including phenoxy) is 1. The van der Waals surface area contributed by atoms with E-state index in [2.05, 4.69) is 51.5 Å². The lowest BCUT2D eigenvalue weighted by atomic mass is 9.95. The summed E-state index contributed by atoms with van der Waals surface area (Å²) < 4.78 is 7.54. The molecular formula is C25H26N6O. The zero-order chi connectivity index (χ0) is 22.7. The first-order valence-corrected chi connectivity index (χ1v) is 10.6.